The predicted octanol–water partition coefficient (Wildman–Crippen LogP) is 3.51. The summed E-state index contributed by atoms with van der Waals surface area (Å²) in [6.45, 7) is 7.72. The summed E-state index contributed by atoms with van der Waals surface area (Å²) in [5.74, 6) is 0. The molecule has 0 radical (unpaired) electrons. The van der Waals surface area contributed by atoms with Gasteiger partial charge >= 0.3 is 8.80 Å². The highest BCUT2D eigenvalue weighted by Gasteiger charge is 2.43. The highest BCUT2D eigenvalue weighted by atomic mass is 28.4. The molecule has 3 nitrogen and oxygen atoms in total. The van der Waals surface area contributed by atoms with E-state index >= 15 is 0 Å². The molecule has 23 heavy (non-hydrogen) atoms. The minimum atomic E-state index is -2.84. The number of rotatable bonds is 7. The van der Waals surface area contributed by atoms with E-state index < -0.39 is 8.80 Å². The van der Waals surface area contributed by atoms with Crippen LogP contribution in [-0.4, -0.2) is 28.6 Å². The summed E-state index contributed by atoms with van der Waals surface area (Å²) in [7, 11) is -2.84. The average Bonchev–Trinajstić information content (AvgIpc) is 2.93. The van der Waals surface area contributed by atoms with Crippen LogP contribution in [0.1, 0.15) is 31.9 Å². The fourth-order valence-electron chi connectivity index (χ4n) is 3.26. The van der Waals surface area contributed by atoms with Crippen LogP contribution in [0.4, 0.5) is 0 Å². The average molecular weight is 328 g/mol. The summed E-state index contributed by atoms with van der Waals surface area (Å²) in [4.78, 5) is 0. The first-order chi connectivity index (χ1) is 11.2. The fourth-order valence-corrected chi connectivity index (χ4v) is 5.76. The van der Waals surface area contributed by atoms with Crippen molar-refractivity contribution in [2.45, 2.75) is 27.2 Å². The second-order valence-electron chi connectivity index (χ2n) is 5.56. The molecule has 4 heteroatoms. The van der Waals surface area contributed by atoms with Crippen molar-refractivity contribution in [2.24, 2.45) is 0 Å². The maximum Gasteiger partial charge on any atom is 0.537 e. The summed E-state index contributed by atoms with van der Waals surface area (Å²) >= 11 is 0. The van der Waals surface area contributed by atoms with Crippen molar-refractivity contribution in [3.05, 3.63) is 53.6 Å². The molecule has 1 aliphatic carbocycles. The van der Waals surface area contributed by atoms with Crippen LogP contribution in [0.5, 0.6) is 0 Å². The van der Waals surface area contributed by atoms with Crippen LogP contribution in [0, 0.1) is 0 Å². The molecular formula is C19H24O3Si. The summed E-state index contributed by atoms with van der Waals surface area (Å²) in [5.41, 5.74) is 5.35. The van der Waals surface area contributed by atoms with E-state index in [2.05, 4.69) is 42.5 Å². The van der Waals surface area contributed by atoms with E-state index in [0.29, 0.717) is 19.8 Å². The Labute approximate surface area is 139 Å². The smallest absolute Gasteiger partial charge is 0.370 e. The van der Waals surface area contributed by atoms with Crippen LogP contribution in [-0.2, 0) is 19.7 Å². The molecule has 0 amide bonds. The van der Waals surface area contributed by atoms with E-state index in [1.807, 2.05) is 20.8 Å². The van der Waals surface area contributed by atoms with E-state index in [9.17, 15) is 0 Å². The van der Waals surface area contributed by atoms with E-state index in [0.717, 1.165) is 11.6 Å². The maximum atomic E-state index is 6.04. The fraction of sp³-hybridized carbons (Fsp3) is 0.368. The summed E-state index contributed by atoms with van der Waals surface area (Å²) in [5, 5.41) is 1.05. The lowest BCUT2D eigenvalue weighted by Gasteiger charge is -2.29. The SMILES string of the molecule is CCO[Si](OCC)(OCC)c1ccc2c(c1)-c1ccccc1C2. The molecule has 0 saturated heterocycles. The molecule has 3 rings (SSSR count). The predicted molar refractivity (Wildman–Crippen MR) is 95.0 cm³/mol. The first-order valence-electron chi connectivity index (χ1n) is 8.37. The maximum absolute atomic E-state index is 6.04. The van der Waals surface area contributed by atoms with Crippen molar-refractivity contribution in [1.82, 2.24) is 0 Å². The van der Waals surface area contributed by atoms with Crippen LogP contribution >= 0.6 is 0 Å². The number of benzene rings is 2. The second-order valence-corrected chi connectivity index (χ2v) is 8.12. The van der Waals surface area contributed by atoms with Gasteiger partial charge in [-0.25, -0.2) is 0 Å². The Balaban J connectivity index is 2.06. The Bertz CT molecular complexity index is 667. The van der Waals surface area contributed by atoms with Gasteiger partial charge in [0.15, 0.2) is 0 Å². The van der Waals surface area contributed by atoms with E-state index in [1.165, 1.54) is 22.3 Å². The van der Waals surface area contributed by atoms with Gasteiger partial charge in [0.2, 0.25) is 0 Å². The highest BCUT2D eigenvalue weighted by Crippen LogP contribution is 2.36. The van der Waals surface area contributed by atoms with Gasteiger partial charge in [-0.2, -0.15) is 0 Å². The van der Waals surface area contributed by atoms with Crippen LogP contribution in [0.2, 0.25) is 0 Å². The second kappa shape index (κ2) is 6.97. The number of hydrogen-bond acceptors (Lipinski definition) is 3. The van der Waals surface area contributed by atoms with Gasteiger partial charge in [-0.15, -0.1) is 0 Å². The molecule has 0 spiro atoms. The van der Waals surface area contributed by atoms with E-state index in [4.69, 9.17) is 13.3 Å². The van der Waals surface area contributed by atoms with Crippen molar-refractivity contribution < 1.29 is 13.3 Å². The zero-order valence-electron chi connectivity index (χ0n) is 14.1. The minimum Gasteiger partial charge on any atom is -0.370 e. The Morgan fingerprint density at radius 3 is 2.04 bits per heavy atom. The Hall–Kier alpha value is -1.46. The van der Waals surface area contributed by atoms with Crippen LogP contribution in [0.25, 0.3) is 11.1 Å². The lowest BCUT2D eigenvalue weighted by atomic mass is 10.1. The molecule has 0 N–H and O–H groups in total. The molecule has 2 aromatic rings. The summed E-state index contributed by atoms with van der Waals surface area (Å²) in [6.07, 6.45) is 0.998. The first-order valence-corrected chi connectivity index (χ1v) is 10.1. The van der Waals surface area contributed by atoms with Crippen molar-refractivity contribution >= 4 is 14.0 Å². The third-order valence-corrected chi connectivity index (χ3v) is 7.18. The Morgan fingerprint density at radius 1 is 0.783 bits per heavy atom. The third-order valence-electron chi connectivity index (χ3n) is 4.15. The first kappa shape index (κ1) is 16.4. The van der Waals surface area contributed by atoms with Gasteiger partial charge < -0.3 is 13.3 Å². The Morgan fingerprint density at radius 2 is 1.39 bits per heavy atom. The van der Waals surface area contributed by atoms with E-state index in [-0.39, 0.29) is 0 Å². The molecule has 0 atom stereocenters. The molecule has 122 valence electrons. The monoisotopic (exact) mass is 328 g/mol. The standard InChI is InChI=1S/C19H24O3Si/c1-4-20-23(21-5-2,22-6-3)17-12-11-16-13-15-9-7-8-10-18(15)19(16)14-17/h7-12,14H,4-6,13H2,1-3H3. The lowest BCUT2D eigenvalue weighted by molar-refractivity contribution is 0.0859. The van der Waals surface area contributed by atoms with Crippen LogP contribution in [0.15, 0.2) is 42.5 Å². The molecule has 0 aliphatic heterocycles. The minimum absolute atomic E-state index is 0.583. The van der Waals surface area contributed by atoms with Gasteiger partial charge in [-0.05, 0) is 55.5 Å². The van der Waals surface area contributed by atoms with Crippen molar-refractivity contribution in [1.29, 1.82) is 0 Å². The topological polar surface area (TPSA) is 27.7 Å². The van der Waals surface area contributed by atoms with Gasteiger partial charge in [0.05, 0.1) is 0 Å². The van der Waals surface area contributed by atoms with Gasteiger partial charge in [0.1, 0.15) is 0 Å². The molecule has 0 fully saturated rings. The summed E-state index contributed by atoms with van der Waals surface area (Å²) in [6, 6.07) is 15.1. The largest absolute Gasteiger partial charge is 0.537 e. The van der Waals surface area contributed by atoms with Gasteiger partial charge in [0, 0.05) is 25.0 Å². The molecule has 0 heterocycles. The molecule has 1 aliphatic rings. The molecular weight excluding hydrogens is 304 g/mol. The van der Waals surface area contributed by atoms with Gasteiger partial charge in [-0.1, -0.05) is 36.4 Å². The highest BCUT2D eigenvalue weighted by molar-refractivity contribution is 6.75. The summed E-state index contributed by atoms with van der Waals surface area (Å²) < 4.78 is 18.1. The van der Waals surface area contributed by atoms with Crippen molar-refractivity contribution in [3.63, 3.8) is 0 Å². The van der Waals surface area contributed by atoms with Crippen molar-refractivity contribution in [2.75, 3.05) is 19.8 Å². The quantitative estimate of drug-likeness (QED) is 0.621. The normalized spacial score (nSPS) is 13.0. The number of hydrogen-bond donors (Lipinski definition) is 0. The van der Waals surface area contributed by atoms with Gasteiger partial charge in [0.25, 0.3) is 0 Å². The zero-order chi connectivity index (χ0) is 16.3. The lowest BCUT2D eigenvalue weighted by Crippen LogP contribution is -2.56. The number of fused-ring (bicyclic) bond motifs is 3. The molecule has 0 bridgehead atoms. The molecule has 0 unspecified atom stereocenters. The van der Waals surface area contributed by atoms with Crippen LogP contribution < -0.4 is 5.19 Å². The van der Waals surface area contributed by atoms with Gasteiger partial charge in [-0.3, -0.25) is 0 Å². The zero-order valence-corrected chi connectivity index (χ0v) is 15.1. The molecule has 0 saturated carbocycles. The molecule has 0 aromatic heterocycles. The third kappa shape index (κ3) is 3.00. The van der Waals surface area contributed by atoms with Crippen molar-refractivity contribution in [3.8, 4) is 11.1 Å². The molecule has 2 aromatic carbocycles. The Kier molecular flexibility index (Phi) is 4.97. The van der Waals surface area contributed by atoms with Crippen LogP contribution in [0.3, 0.4) is 0 Å². The van der Waals surface area contributed by atoms with E-state index in [1.54, 1.807) is 0 Å².